The number of nitrogens with zero attached hydrogens (tertiary/aromatic N) is 3. The Labute approximate surface area is 185 Å². The molecule has 2 saturated heterocycles. The quantitative estimate of drug-likeness (QED) is 0.732. The fourth-order valence-corrected chi connectivity index (χ4v) is 6.24. The highest BCUT2D eigenvalue weighted by atomic mass is 19.1. The molecule has 2 atom stereocenters. The van der Waals surface area contributed by atoms with E-state index in [1.54, 1.807) is 12.1 Å². The Morgan fingerprint density at radius 3 is 2.39 bits per heavy atom. The molecule has 168 valence electrons. The summed E-state index contributed by atoms with van der Waals surface area (Å²) >= 11 is 0. The van der Waals surface area contributed by atoms with Crippen LogP contribution in [0.4, 0.5) is 4.39 Å². The zero-order valence-electron chi connectivity index (χ0n) is 18.3. The van der Waals surface area contributed by atoms with Crippen LogP contribution in [0.15, 0.2) is 24.3 Å². The topological polar surface area (TPSA) is 62.5 Å². The molecule has 2 saturated carbocycles. The van der Waals surface area contributed by atoms with Gasteiger partial charge >= 0.3 is 0 Å². The van der Waals surface area contributed by atoms with Crippen LogP contribution in [0.5, 0.6) is 0 Å². The predicted molar refractivity (Wildman–Crippen MR) is 118 cm³/mol. The number of nitriles is 1. The van der Waals surface area contributed by atoms with Crippen LogP contribution in [0, 0.1) is 17.1 Å². The third-order valence-electron chi connectivity index (χ3n) is 8.29. The molecule has 0 amide bonds. The van der Waals surface area contributed by atoms with Crippen LogP contribution in [0.1, 0.15) is 62.8 Å². The second-order valence-electron chi connectivity index (χ2n) is 10.4. The lowest BCUT2D eigenvalue weighted by Gasteiger charge is -2.59. The fourth-order valence-electron chi connectivity index (χ4n) is 6.24. The van der Waals surface area contributed by atoms with Crippen LogP contribution in [-0.2, 0) is 0 Å². The zero-order valence-corrected chi connectivity index (χ0v) is 18.3. The molecule has 4 aliphatic rings. The van der Waals surface area contributed by atoms with Crippen molar-refractivity contribution >= 4 is 0 Å². The van der Waals surface area contributed by atoms with Gasteiger partial charge in [-0.15, -0.1) is 0 Å². The molecule has 0 radical (unpaired) electrons. The molecule has 2 aliphatic carbocycles. The summed E-state index contributed by atoms with van der Waals surface area (Å²) < 4.78 is 13.2. The molecular weight excluding hydrogens is 391 g/mol. The van der Waals surface area contributed by atoms with Crippen molar-refractivity contribution < 1.29 is 9.50 Å². The first-order chi connectivity index (χ1) is 15.1. The first-order valence-corrected chi connectivity index (χ1v) is 12.1. The Morgan fingerprint density at radius 2 is 1.74 bits per heavy atom. The monoisotopic (exact) mass is 426 g/mol. The number of aliphatic hydroxyl groups excluding tert-OH is 1. The van der Waals surface area contributed by atoms with E-state index in [-0.39, 0.29) is 17.5 Å². The molecule has 6 heteroatoms. The molecule has 5 rings (SSSR count). The molecule has 0 unspecified atom stereocenters. The number of benzene rings is 1. The van der Waals surface area contributed by atoms with Gasteiger partial charge in [-0.25, -0.2) is 4.39 Å². The van der Waals surface area contributed by atoms with Gasteiger partial charge in [0.2, 0.25) is 0 Å². The smallest absolute Gasteiger partial charge is 0.123 e. The Balaban J connectivity index is 1.09. The average molecular weight is 427 g/mol. The van der Waals surface area contributed by atoms with Crippen molar-refractivity contribution in [1.82, 2.24) is 15.1 Å². The van der Waals surface area contributed by atoms with E-state index in [9.17, 15) is 14.8 Å². The number of piperidine rings is 1. The molecule has 31 heavy (non-hydrogen) atoms. The minimum Gasteiger partial charge on any atom is -0.393 e. The normalized spacial score (nSPS) is 34.1. The largest absolute Gasteiger partial charge is 0.393 e. The molecule has 0 aromatic heterocycles. The van der Waals surface area contributed by atoms with Crippen LogP contribution in [0.3, 0.4) is 0 Å². The van der Waals surface area contributed by atoms with Gasteiger partial charge in [-0.3, -0.25) is 9.80 Å². The SMILES string of the molecule is N#CCC1(N2CCC(N[C@@H]3C[C@H]3c3ccc(F)cc3)CC2)CN(C2CCC(O)CC2)C1. The van der Waals surface area contributed by atoms with E-state index in [1.165, 1.54) is 5.56 Å². The van der Waals surface area contributed by atoms with Crippen molar-refractivity contribution in [1.29, 1.82) is 5.26 Å². The van der Waals surface area contributed by atoms with Gasteiger partial charge in [0.1, 0.15) is 5.82 Å². The van der Waals surface area contributed by atoms with Gasteiger partial charge in [0.25, 0.3) is 0 Å². The van der Waals surface area contributed by atoms with Crippen molar-refractivity contribution in [3.05, 3.63) is 35.6 Å². The van der Waals surface area contributed by atoms with Crippen molar-refractivity contribution in [3.63, 3.8) is 0 Å². The van der Waals surface area contributed by atoms with E-state index in [0.717, 1.165) is 71.1 Å². The highest BCUT2D eigenvalue weighted by molar-refractivity contribution is 5.28. The van der Waals surface area contributed by atoms with Gasteiger partial charge in [0, 0.05) is 50.2 Å². The summed E-state index contributed by atoms with van der Waals surface area (Å²) in [5.41, 5.74) is 1.28. The van der Waals surface area contributed by atoms with Crippen LogP contribution in [0.25, 0.3) is 0 Å². The van der Waals surface area contributed by atoms with Crippen LogP contribution < -0.4 is 5.32 Å². The van der Waals surface area contributed by atoms with Gasteiger partial charge in [-0.1, -0.05) is 12.1 Å². The van der Waals surface area contributed by atoms with E-state index >= 15 is 0 Å². The lowest BCUT2D eigenvalue weighted by Crippen LogP contribution is -2.73. The first-order valence-electron chi connectivity index (χ1n) is 12.1. The van der Waals surface area contributed by atoms with Gasteiger partial charge in [0.15, 0.2) is 0 Å². The number of nitrogens with one attached hydrogen (secondary N) is 1. The second-order valence-corrected chi connectivity index (χ2v) is 10.4. The fraction of sp³-hybridized carbons (Fsp3) is 0.720. The predicted octanol–water partition coefficient (Wildman–Crippen LogP) is 3.01. The Morgan fingerprint density at radius 1 is 1.06 bits per heavy atom. The van der Waals surface area contributed by atoms with Crippen LogP contribution >= 0.6 is 0 Å². The molecular formula is C25H35FN4O. The highest BCUT2D eigenvalue weighted by Crippen LogP contribution is 2.42. The summed E-state index contributed by atoms with van der Waals surface area (Å²) in [6.45, 7) is 4.14. The molecule has 2 N–H and O–H groups in total. The average Bonchev–Trinajstić information content (AvgIpc) is 3.51. The number of hydrogen-bond donors (Lipinski definition) is 2. The Kier molecular flexibility index (Phi) is 6.04. The number of halogens is 1. The number of likely N-dealkylation sites (tertiary alicyclic amines) is 2. The van der Waals surface area contributed by atoms with Crippen LogP contribution in [-0.4, -0.2) is 70.9 Å². The Hall–Kier alpha value is -1.52. The Bertz CT molecular complexity index is 787. The first kappa shape index (κ1) is 21.3. The van der Waals surface area contributed by atoms with Crippen molar-refractivity contribution in [3.8, 4) is 6.07 Å². The van der Waals surface area contributed by atoms with E-state index < -0.39 is 0 Å². The maximum Gasteiger partial charge on any atom is 0.123 e. The summed E-state index contributed by atoms with van der Waals surface area (Å²) in [5.74, 6) is 0.362. The zero-order chi connectivity index (χ0) is 21.4. The number of aliphatic hydroxyl groups is 1. The second kappa shape index (κ2) is 8.78. The minimum absolute atomic E-state index is 0.0337. The van der Waals surface area contributed by atoms with Gasteiger partial charge in [-0.05, 0) is 62.6 Å². The maximum absolute atomic E-state index is 13.2. The number of hydrogen-bond acceptors (Lipinski definition) is 5. The van der Waals surface area contributed by atoms with Crippen LogP contribution in [0.2, 0.25) is 0 Å². The van der Waals surface area contributed by atoms with Gasteiger partial charge in [-0.2, -0.15) is 5.26 Å². The number of rotatable bonds is 6. The molecule has 2 aliphatic heterocycles. The molecule has 0 spiro atoms. The lowest BCUT2D eigenvalue weighted by atomic mass is 9.79. The summed E-state index contributed by atoms with van der Waals surface area (Å²) in [4.78, 5) is 5.15. The molecule has 5 nitrogen and oxygen atoms in total. The van der Waals surface area contributed by atoms with E-state index in [2.05, 4.69) is 21.2 Å². The van der Waals surface area contributed by atoms with Gasteiger partial charge < -0.3 is 10.4 Å². The lowest BCUT2D eigenvalue weighted by molar-refractivity contribution is -0.0921. The maximum atomic E-state index is 13.2. The molecule has 1 aromatic carbocycles. The molecule has 2 heterocycles. The standard InChI is InChI=1S/C25H35FN4O/c26-19-3-1-18(2-4-19)23-15-24(23)28-20-9-13-30(14-10-20)25(11-12-27)16-29(17-25)21-5-7-22(31)8-6-21/h1-4,20-24,28,31H,5-11,13-17H2/t21?,22?,23-,24+/m0/s1. The third kappa shape index (κ3) is 4.52. The molecule has 4 fully saturated rings. The van der Waals surface area contributed by atoms with Gasteiger partial charge in [0.05, 0.1) is 24.1 Å². The van der Waals surface area contributed by atoms with Crippen molar-refractivity contribution in [2.45, 2.75) is 87.1 Å². The van der Waals surface area contributed by atoms with Crippen molar-refractivity contribution in [2.24, 2.45) is 0 Å². The summed E-state index contributed by atoms with van der Waals surface area (Å²) in [7, 11) is 0. The molecule has 0 bridgehead atoms. The summed E-state index contributed by atoms with van der Waals surface area (Å²) in [5, 5.41) is 23.1. The minimum atomic E-state index is -0.164. The molecule has 1 aromatic rings. The van der Waals surface area contributed by atoms with E-state index in [0.29, 0.717) is 30.5 Å². The highest BCUT2D eigenvalue weighted by Gasteiger charge is 2.50. The van der Waals surface area contributed by atoms with E-state index in [1.807, 2.05) is 12.1 Å². The van der Waals surface area contributed by atoms with Crippen molar-refractivity contribution in [2.75, 3.05) is 26.2 Å². The summed E-state index contributed by atoms with van der Waals surface area (Å²) in [6.07, 6.45) is 7.94. The third-order valence-corrected chi connectivity index (χ3v) is 8.29. The van der Waals surface area contributed by atoms with E-state index in [4.69, 9.17) is 0 Å². The summed E-state index contributed by atoms with van der Waals surface area (Å²) in [6, 6.07) is 11.1.